The molecule has 1 aromatic carbocycles. The second-order valence-corrected chi connectivity index (χ2v) is 6.03. The minimum atomic E-state index is -1.00. The van der Waals surface area contributed by atoms with Gasteiger partial charge in [-0.15, -0.1) is 11.3 Å². The Labute approximate surface area is 156 Å². The number of benzene rings is 1. The Bertz CT molecular complexity index is 921. The molecule has 10 nitrogen and oxygen atoms in total. The Morgan fingerprint density at radius 2 is 1.74 bits per heavy atom. The number of nitrogens with two attached hydrogens (primary N) is 1. The van der Waals surface area contributed by atoms with E-state index >= 15 is 0 Å². The second-order valence-electron chi connectivity index (χ2n) is 4.98. The lowest BCUT2D eigenvalue weighted by Gasteiger charge is -2.08. The van der Waals surface area contributed by atoms with Gasteiger partial charge < -0.3 is 19.9 Å². The van der Waals surface area contributed by atoms with E-state index < -0.39 is 35.1 Å². The number of nitro benzene ring substituents is 1. The van der Waals surface area contributed by atoms with Gasteiger partial charge in [0.1, 0.15) is 27.6 Å². The van der Waals surface area contributed by atoms with Crippen LogP contribution in [-0.4, -0.2) is 37.1 Å². The fourth-order valence-corrected chi connectivity index (χ4v) is 3.21. The zero-order valence-electron chi connectivity index (χ0n) is 14.2. The molecule has 142 valence electrons. The zero-order valence-corrected chi connectivity index (χ0v) is 15.0. The van der Waals surface area contributed by atoms with Crippen molar-refractivity contribution < 1.29 is 33.5 Å². The summed E-state index contributed by atoms with van der Waals surface area (Å²) in [5, 5.41) is 11.0. The van der Waals surface area contributed by atoms with Crippen molar-refractivity contribution in [3.8, 4) is 0 Å². The summed E-state index contributed by atoms with van der Waals surface area (Å²) in [5.74, 6) is -2.60. The predicted molar refractivity (Wildman–Crippen MR) is 93.6 cm³/mol. The summed E-state index contributed by atoms with van der Waals surface area (Å²) in [4.78, 5) is 46.4. The van der Waals surface area contributed by atoms with Gasteiger partial charge in [-0.1, -0.05) is 12.1 Å². The number of esters is 3. The van der Waals surface area contributed by atoms with Crippen LogP contribution in [0.25, 0.3) is 0 Å². The largest absolute Gasteiger partial charge is 0.465 e. The summed E-state index contributed by atoms with van der Waals surface area (Å²) in [6.07, 6.45) is 0. The van der Waals surface area contributed by atoms with Crippen molar-refractivity contribution in [1.29, 1.82) is 0 Å². The first-order valence-corrected chi connectivity index (χ1v) is 8.11. The van der Waals surface area contributed by atoms with E-state index in [1.165, 1.54) is 18.2 Å². The maximum atomic E-state index is 12.3. The summed E-state index contributed by atoms with van der Waals surface area (Å²) >= 11 is 0.776. The summed E-state index contributed by atoms with van der Waals surface area (Å²) in [6.45, 7) is -0.534. The van der Waals surface area contributed by atoms with E-state index in [9.17, 15) is 24.5 Å². The molecular weight excluding hydrogens is 380 g/mol. The maximum absolute atomic E-state index is 12.3. The number of hydrogen-bond donors (Lipinski definition) is 1. The van der Waals surface area contributed by atoms with Crippen LogP contribution in [0, 0.1) is 10.1 Å². The number of hydrogen-bond acceptors (Lipinski definition) is 10. The first kappa shape index (κ1) is 19.8. The third-order valence-electron chi connectivity index (χ3n) is 3.46. The number of carbonyl (C=O) groups excluding carboxylic acids is 3. The number of nitro groups is 1. The van der Waals surface area contributed by atoms with Crippen molar-refractivity contribution in [2.45, 2.75) is 6.61 Å². The van der Waals surface area contributed by atoms with Gasteiger partial charge in [0.2, 0.25) is 0 Å². The molecule has 0 fully saturated rings. The van der Waals surface area contributed by atoms with E-state index in [2.05, 4.69) is 9.47 Å². The molecule has 0 saturated carbocycles. The first-order valence-electron chi connectivity index (χ1n) is 7.30. The van der Waals surface area contributed by atoms with Crippen LogP contribution < -0.4 is 5.73 Å². The smallest absolute Gasteiger partial charge is 0.348 e. The number of para-hydroxylation sites is 1. The number of nitrogens with zero attached hydrogens (tertiary/aromatic N) is 1. The maximum Gasteiger partial charge on any atom is 0.348 e. The molecule has 0 unspecified atom stereocenters. The second kappa shape index (κ2) is 8.27. The molecule has 27 heavy (non-hydrogen) atoms. The van der Waals surface area contributed by atoms with Gasteiger partial charge in [0, 0.05) is 11.6 Å². The highest BCUT2D eigenvalue weighted by Gasteiger charge is 2.29. The van der Waals surface area contributed by atoms with Crippen LogP contribution in [-0.2, 0) is 20.8 Å². The number of rotatable bonds is 6. The van der Waals surface area contributed by atoms with Gasteiger partial charge >= 0.3 is 17.9 Å². The van der Waals surface area contributed by atoms with Gasteiger partial charge in [-0.3, -0.25) is 10.1 Å². The van der Waals surface area contributed by atoms with Crippen molar-refractivity contribution in [2.24, 2.45) is 0 Å². The third kappa shape index (κ3) is 4.03. The number of carbonyl (C=O) groups is 3. The van der Waals surface area contributed by atoms with Crippen LogP contribution >= 0.6 is 11.3 Å². The molecule has 0 amide bonds. The van der Waals surface area contributed by atoms with Gasteiger partial charge in [0.25, 0.3) is 5.69 Å². The lowest BCUT2D eigenvalue weighted by Crippen LogP contribution is -2.13. The number of methoxy groups -OCH3 is 2. The third-order valence-corrected chi connectivity index (χ3v) is 4.50. The van der Waals surface area contributed by atoms with Gasteiger partial charge in [0.05, 0.1) is 19.1 Å². The van der Waals surface area contributed by atoms with Crippen LogP contribution in [0.5, 0.6) is 0 Å². The number of thiophene rings is 1. The van der Waals surface area contributed by atoms with Gasteiger partial charge in [-0.25, -0.2) is 14.4 Å². The topological polar surface area (TPSA) is 148 Å². The summed E-state index contributed by atoms with van der Waals surface area (Å²) in [7, 11) is 2.26. The Kier molecular flexibility index (Phi) is 6.08. The first-order chi connectivity index (χ1) is 12.8. The molecule has 0 atom stereocenters. The number of nitrogen functional groups attached to an aromatic ring is 1. The standard InChI is InChI=1S/C16H14N2O8S/c1-24-15(20)11-9(12(16(21)25-2)27-13(11)17)7-26-14(19)8-5-3-4-6-10(8)18(22)23/h3-6H,7,17H2,1-2H3. The molecule has 2 aromatic rings. The van der Waals surface area contributed by atoms with Crippen LogP contribution in [0.2, 0.25) is 0 Å². The average Bonchev–Trinajstić information content (AvgIpc) is 3.00. The van der Waals surface area contributed by atoms with Crippen molar-refractivity contribution in [3.05, 3.63) is 55.9 Å². The van der Waals surface area contributed by atoms with Crippen molar-refractivity contribution in [1.82, 2.24) is 0 Å². The molecule has 0 aliphatic carbocycles. The van der Waals surface area contributed by atoms with Crippen LogP contribution in [0.3, 0.4) is 0 Å². The fourth-order valence-electron chi connectivity index (χ4n) is 2.23. The minimum Gasteiger partial charge on any atom is -0.465 e. The Morgan fingerprint density at radius 3 is 2.33 bits per heavy atom. The van der Waals surface area contributed by atoms with Crippen LogP contribution in [0.15, 0.2) is 24.3 Å². The van der Waals surface area contributed by atoms with E-state index in [1.54, 1.807) is 0 Å². The average molecular weight is 394 g/mol. The quantitative estimate of drug-likeness (QED) is 0.337. The molecule has 0 spiro atoms. The zero-order chi connectivity index (χ0) is 20.1. The molecule has 0 bridgehead atoms. The molecule has 11 heteroatoms. The van der Waals surface area contributed by atoms with Gasteiger partial charge in [-0.05, 0) is 6.07 Å². The fraction of sp³-hybridized carbons (Fsp3) is 0.188. The minimum absolute atomic E-state index is 0.00290. The monoisotopic (exact) mass is 394 g/mol. The Balaban J connectivity index is 2.37. The molecule has 1 aromatic heterocycles. The normalized spacial score (nSPS) is 10.1. The van der Waals surface area contributed by atoms with Crippen molar-refractivity contribution in [3.63, 3.8) is 0 Å². The number of ether oxygens (including phenoxy) is 3. The SMILES string of the molecule is COC(=O)c1sc(N)c(C(=O)OC)c1COC(=O)c1ccccc1[N+](=O)[O-]. The highest BCUT2D eigenvalue weighted by molar-refractivity contribution is 7.18. The molecule has 2 N–H and O–H groups in total. The predicted octanol–water partition coefficient (Wildman–Crippen LogP) is 2.17. The van der Waals surface area contributed by atoms with E-state index in [4.69, 9.17) is 10.5 Å². The highest BCUT2D eigenvalue weighted by Crippen LogP contribution is 2.33. The molecule has 0 aliphatic rings. The summed E-state index contributed by atoms with van der Waals surface area (Å²) in [6, 6.07) is 5.22. The molecule has 0 radical (unpaired) electrons. The van der Waals surface area contributed by atoms with E-state index in [0.717, 1.165) is 31.6 Å². The van der Waals surface area contributed by atoms with Crippen LogP contribution in [0.1, 0.15) is 36.0 Å². The molecule has 2 rings (SSSR count). The number of anilines is 1. The lowest BCUT2D eigenvalue weighted by molar-refractivity contribution is -0.385. The van der Waals surface area contributed by atoms with E-state index in [1.807, 2.05) is 0 Å². The Hall–Kier alpha value is -3.47. The molecule has 0 aliphatic heterocycles. The van der Waals surface area contributed by atoms with E-state index in [0.29, 0.717) is 0 Å². The van der Waals surface area contributed by atoms with Crippen molar-refractivity contribution in [2.75, 3.05) is 20.0 Å². The van der Waals surface area contributed by atoms with Gasteiger partial charge in [0.15, 0.2) is 0 Å². The molecule has 0 saturated heterocycles. The Morgan fingerprint density at radius 1 is 1.11 bits per heavy atom. The summed E-state index contributed by atoms with van der Waals surface area (Å²) < 4.78 is 14.3. The summed E-state index contributed by atoms with van der Waals surface area (Å²) in [5.41, 5.74) is 4.94. The van der Waals surface area contributed by atoms with E-state index in [-0.39, 0.29) is 26.6 Å². The lowest BCUT2D eigenvalue weighted by atomic mass is 10.1. The highest BCUT2D eigenvalue weighted by atomic mass is 32.1. The molecular formula is C16H14N2O8S. The van der Waals surface area contributed by atoms with Gasteiger partial charge in [-0.2, -0.15) is 0 Å². The van der Waals surface area contributed by atoms with Crippen molar-refractivity contribution >= 4 is 39.9 Å². The van der Waals surface area contributed by atoms with Crippen LogP contribution in [0.4, 0.5) is 10.7 Å². The molecule has 1 heterocycles.